The summed E-state index contributed by atoms with van der Waals surface area (Å²) in [5, 5.41) is 2.17. The molecule has 2 N–H and O–H groups in total. The Kier molecular flexibility index (Phi) is 2.35. The number of furan rings is 1. The molecule has 1 aromatic heterocycles. The SMILES string of the molecule is NC1CC(=O)N(c2ccc3c(c2)oc2ccccc23)C1. The van der Waals surface area contributed by atoms with Crippen LogP contribution < -0.4 is 10.6 Å². The average molecular weight is 266 g/mol. The van der Waals surface area contributed by atoms with E-state index in [1.165, 1.54) is 0 Å². The van der Waals surface area contributed by atoms with Crippen LogP contribution in [0.1, 0.15) is 6.42 Å². The molecule has 0 spiro atoms. The van der Waals surface area contributed by atoms with Crippen LogP contribution in [0.3, 0.4) is 0 Å². The Hall–Kier alpha value is -2.33. The minimum atomic E-state index is -0.0751. The van der Waals surface area contributed by atoms with Gasteiger partial charge in [0.1, 0.15) is 11.2 Å². The first-order valence-electron chi connectivity index (χ1n) is 6.69. The zero-order chi connectivity index (χ0) is 13.7. The summed E-state index contributed by atoms with van der Waals surface area (Å²) >= 11 is 0. The molecule has 1 unspecified atom stereocenters. The summed E-state index contributed by atoms with van der Waals surface area (Å²) in [6, 6.07) is 13.7. The number of rotatable bonds is 1. The number of nitrogens with zero attached hydrogens (tertiary/aromatic N) is 1. The molecule has 3 aromatic rings. The number of para-hydroxylation sites is 1. The highest BCUT2D eigenvalue weighted by Gasteiger charge is 2.28. The first-order valence-corrected chi connectivity index (χ1v) is 6.69. The number of fused-ring (bicyclic) bond motifs is 3. The van der Waals surface area contributed by atoms with Crippen LogP contribution in [0.25, 0.3) is 21.9 Å². The molecule has 1 amide bonds. The van der Waals surface area contributed by atoms with Crippen LogP contribution in [0.2, 0.25) is 0 Å². The van der Waals surface area contributed by atoms with Gasteiger partial charge in [-0.3, -0.25) is 4.79 Å². The van der Waals surface area contributed by atoms with Crippen LogP contribution in [0.15, 0.2) is 46.9 Å². The Bertz CT molecular complexity index is 822. The molecule has 4 nitrogen and oxygen atoms in total. The zero-order valence-corrected chi connectivity index (χ0v) is 10.9. The molecule has 1 aliphatic rings. The number of benzene rings is 2. The van der Waals surface area contributed by atoms with E-state index in [0.29, 0.717) is 13.0 Å². The molecule has 1 aliphatic heterocycles. The fourth-order valence-corrected chi connectivity index (χ4v) is 2.87. The maximum absolute atomic E-state index is 11.9. The molecule has 100 valence electrons. The van der Waals surface area contributed by atoms with Gasteiger partial charge in [0, 0.05) is 41.5 Å². The van der Waals surface area contributed by atoms with E-state index < -0.39 is 0 Å². The lowest BCUT2D eigenvalue weighted by Crippen LogP contribution is -2.27. The monoisotopic (exact) mass is 266 g/mol. The van der Waals surface area contributed by atoms with Crippen molar-refractivity contribution >= 4 is 33.5 Å². The highest BCUT2D eigenvalue weighted by atomic mass is 16.3. The Balaban J connectivity index is 1.87. The minimum Gasteiger partial charge on any atom is -0.456 e. The van der Waals surface area contributed by atoms with E-state index in [1.807, 2.05) is 42.5 Å². The summed E-state index contributed by atoms with van der Waals surface area (Å²) in [6.07, 6.45) is 0.415. The van der Waals surface area contributed by atoms with Crippen molar-refractivity contribution in [2.75, 3.05) is 11.4 Å². The fraction of sp³-hybridized carbons (Fsp3) is 0.188. The molecule has 2 aromatic carbocycles. The van der Waals surface area contributed by atoms with Gasteiger partial charge in [-0.25, -0.2) is 0 Å². The van der Waals surface area contributed by atoms with E-state index in [1.54, 1.807) is 4.90 Å². The number of amides is 1. The zero-order valence-electron chi connectivity index (χ0n) is 10.9. The molecule has 1 saturated heterocycles. The smallest absolute Gasteiger partial charge is 0.228 e. The third-order valence-corrected chi connectivity index (χ3v) is 3.83. The lowest BCUT2D eigenvalue weighted by atomic mass is 10.1. The maximum atomic E-state index is 11.9. The summed E-state index contributed by atoms with van der Waals surface area (Å²) in [7, 11) is 0. The van der Waals surface area contributed by atoms with Gasteiger partial charge in [0.15, 0.2) is 0 Å². The molecule has 0 saturated carbocycles. The van der Waals surface area contributed by atoms with Gasteiger partial charge >= 0.3 is 0 Å². The van der Waals surface area contributed by atoms with E-state index in [0.717, 1.165) is 27.6 Å². The van der Waals surface area contributed by atoms with Gasteiger partial charge < -0.3 is 15.1 Å². The topological polar surface area (TPSA) is 59.5 Å². The van der Waals surface area contributed by atoms with Crippen LogP contribution in [0, 0.1) is 0 Å². The second-order valence-corrected chi connectivity index (χ2v) is 5.25. The second kappa shape index (κ2) is 4.08. The molecule has 2 heterocycles. The first kappa shape index (κ1) is 11.5. The number of anilines is 1. The summed E-state index contributed by atoms with van der Waals surface area (Å²) in [5.41, 5.74) is 8.36. The number of carbonyl (C=O) groups is 1. The van der Waals surface area contributed by atoms with E-state index in [2.05, 4.69) is 0 Å². The van der Waals surface area contributed by atoms with E-state index in [4.69, 9.17) is 10.2 Å². The Morgan fingerprint density at radius 1 is 1.10 bits per heavy atom. The summed E-state index contributed by atoms with van der Waals surface area (Å²) < 4.78 is 5.85. The molecule has 1 atom stereocenters. The molecule has 0 bridgehead atoms. The summed E-state index contributed by atoms with van der Waals surface area (Å²) in [4.78, 5) is 13.6. The van der Waals surface area contributed by atoms with Crippen LogP contribution >= 0.6 is 0 Å². The van der Waals surface area contributed by atoms with Gasteiger partial charge in [0.05, 0.1) is 0 Å². The van der Waals surface area contributed by atoms with Crippen LogP contribution in [-0.2, 0) is 4.79 Å². The van der Waals surface area contributed by atoms with Gasteiger partial charge in [-0.2, -0.15) is 0 Å². The van der Waals surface area contributed by atoms with Gasteiger partial charge in [0.2, 0.25) is 5.91 Å². The number of hydrogen-bond donors (Lipinski definition) is 1. The molecule has 0 aliphatic carbocycles. The van der Waals surface area contributed by atoms with Crippen molar-refractivity contribution in [3.05, 3.63) is 42.5 Å². The summed E-state index contributed by atoms with van der Waals surface area (Å²) in [5.74, 6) is 0.0768. The fourth-order valence-electron chi connectivity index (χ4n) is 2.87. The standard InChI is InChI=1S/C16H14N2O2/c17-10-7-16(19)18(9-10)11-5-6-13-12-3-1-2-4-14(12)20-15(13)8-11/h1-6,8,10H,7,9,17H2. The highest BCUT2D eigenvalue weighted by Crippen LogP contribution is 2.32. The van der Waals surface area contributed by atoms with Crippen molar-refractivity contribution in [3.8, 4) is 0 Å². The van der Waals surface area contributed by atoms with Crippen molar-refractivity contribution in [1.82, 2.24) is 0 Å². The molecule has 4 heteroatoms. The van der Waals surface area contributed by atoms with Gasteiger partial charge in [-0.15, -0.1) is 0 Å². The third kappa shape index (κ3) is 1.62. The average Bonchev–Trinajstić information content (AvgIpc) is 2.97. The minimum absolute atomic E-state index is 0.0751. The lowest BCUT2D eigenvalue weighted by molar-refractivity contribution is -0.117. The van der Waals surface area contributed by atoms with Crippen molar-refractivity contribution in [2.45, 2.75) is 12.5 Å². The maximum Gasteiger partial charge on any atom is 0.228 e. The predicted octanol–water partition coefficient (Wildman–Crippen LogP) is 2.65. The van der Waals surface area contributed by atoms with Crippen molar-refractivity contribution in [3.63, 3.8) is 0 Å². The van der Waals surface area contributed by atoms with E-state index in [-0.39, 0.29) is 11.9 Å². The summed E-state index contributed by atoms with van der Waals surface area (Å²) in [6.45, 7) is 0.574. The Morgan fingerprint density at radius 2 is 1.90 bits per heavy atom. The molecule has 1 fully saturated rings. The highest BCUT2D eigenvalue weighted by molar-refractivity contribution is 6.07. The Morgan fingerprint density at radius 3 is 2.70 bits per heavy atom. The molecular formula is C16H14N2O2. The van der Waals surface area contributed by atoms with E-state index in [9.17, 15) is 4.79 Å². The van der Waals surface area contributed by atoms with E-state index >= 15 is 0 Å². The van der Waals surface area contributed by atoms with Crippen molar-refractivity contribution < 1.29 is 9.21 Å². The first-order chi connectivity index (χ1) is 9.72. The molecule has 0 radical (unpaired) electrons. The predicted molar refractivity (Wildman–Crippen MR) is 78.7 cm³/mol. The normalized spacial score (nSPS) is 19.4. The van der Waals surface area contributed by atoms with Crippen LogP contribution in [-0.4, -0.2) is 18.5 Å². The van der Waals surface area contributed by atoms with Gasteiger partial charge in [0.25, 0.3) is 0 Å². The largest absolute Gasteiger partial charge is 0.456 e. The number of nitrogens with two attached hydrogens (primary N) is 1. The lowest BCUT2D eigenvalue weighted by Gasteiger charge is -2.15. The molecule has 4 rings (SSSR count). The quantitative estimate of drug-likeness (QED) is 0.736. The third-order valence-electron chi connectivity index (χ3n) is 3.83. The van der Waals surface area contributed by atoms with Crippen LogP contribution in [0.4, 0.5) is 5.69 Å². The molecular weight excluding hydrogens is 252 g/mol. The number of carbonyl (C=O) groups excluding carboxylic acids is 1. The Labute approximate surface area is 115 Å². The molecule has 20 heavy (non-hydrogen) atoms. The van der Waals surface area contributed by atoms with Crippen molar-refractivity contribution in [2.24, 2.45) is 5.73 Å². The van der Waals surface area contributed by atoms with Crippen LogP contribution in [0.5, 0.6) is 0 Å². The van der Waals surface area contributed by atoms with Crippen molar-refractivity contribution in [1.29, 1.82) is 0 Å². The number of hydrogen-bond acceptors (Lipinski definition) is 3. The van der Waals surface area contributed by atoms with Gasteiger partial charge in [-0.05, 0) is 18.2 Å². The second-order valence-electron chi connectivity index (χ2n) is 5.25. The van der Waals surface area contributed by atoms with Gasteiger partial charge in [-0.1, -0.05) is 18.2 Å².